The minimum absolute atomic E-state index is 0.412. The summed E-state index contributed by atoms with van der Waals surface area (Å²) in [6, 6.07) is 9.02. The van der Waals surface area contributed by atoms with Gasteiger partial charge in [-0.1, -0.05) is 44.2 Å². The highest BCUT2D eigenvalue weighted by atomic mass is 127. The molecule has 0 aromatic heterocycles. The highest BCUT2D eigenvalue weighted by Crippen LogP contribution is 2.25. The second kappa shape index (κ2) is 7.88. The molecule has 0 spiro atoms. The van der Waals surface area contributed by atoms with Crippen LogP contribution in [0.3, 0.4) is 0 Å². The molecule has 1 unspecified atom stereocenters. The SMILES string of the molecule is C=C(CC)CC(NCCC)c1ccccc1I. The summed E-state index contributed by atoms with van der Waals surface area (Å²) in [5.74, 6) is 0. The van der Waals surface area contributed by atoms with E-state index in [1.165, 1.54) is 21.1 Å². The van der Waals surface area contributed by atoms with Gasteiger partial charge in [-0.15, -0.1) is 0 Å². The zero-order valence-electron chi connectivity index (χ0n) is 10.8. The molecule has 0 heterocycles. The van der Waals surface area contributed by atoms with E-state index in [-0.39, 0.29) is 0 Å². The number of rotatable bonds is 7. The lowest BCUT2D eigenvalue weighted by Crippen LogP contribution is -2.23. The molecule has 0 amide bonds. The Bertz CT molecular complexity index is 360. The van der Waals surface area contributed by atoms with Crippen molar-refractivity contribution in [2.24, 2.45) is 0 Å². The van der Waals surface area contributed by atoms with Gasteiger partial charge < -0.3 is 5.32 Å². The third-order valence-corrected chi connectivity index (χ3v) is 3.90. The molecule has 1 aromatic rings. The maximum absolute atomic E-state index is 4.13. The van der Waals surface area contributed by atoms with Crippen molar-refractivity contribution in [3.8, 4) is 0 Å². The Morgan fingerprint density at radius 3 is 2.65 bits per heavy atom. The molecule has 0 saturated carbocycles. The monoisotopic (exact) mass is 343 g/mol. The molecule has 17 heavy (non-hydrogen) atoms. The Hall–Kier alpha value is -0.350. The van der Waals surface area contributed by atoms with E-state index in [0.29, 0.717) is 6.04 Å². The molecule has 0 radical (unpaired) electrons. The molecular weight excluding hydrogens is 321 g/mol. The Morgan fingerprint density at radius 1 is 1.35 bits per heavy atom. The van der Waals surface area contributed by atoms with Crippen LogP contribution in [0.25, 0.3) is 0 Å². The molecule has 0 aliphatic carbocycles. The second-order valence-corrected chi connectivity index (χ2v) is 5.50. The van der Waals surface area contributed by atoms with Crippen molar-refractivity contribution in [1.29, 1.82) is 0 Å². The molecule has 0 aliphatic heterocycles. The smallest absolute Gasteiger partial charge is 0.0368 e. The lowest BCUT2D eigenvalue weighted by atomic mass is 9.98. The summed E-state index contributed by atoms with van der Waals surface area (Å²) in [6.45, 7) is 9.57. The van der Waals surface area contributed by atoms with Crippen LogP contribution in [0.5, 0.6) is 0 Å². The maximum atomic E-state index is 4.13. The normalized spacial score (nSPS) is 12.4. The van der Waals surface area contributed by atoms with E-state index >= 15 is 0 Å². The fourth-order valence-corrected chi connectivity index (χ4v) is 2.56. The second-order valence-electron chi connectivity index (χ2n) is 4.34. The molecule has 2 heteroatoms. The van der Waals surface area contributed by atoms with E-state index in [0.717, 1.165) is 19.4 Å². The topological polar surface area (TPSA) is 12.0 Å². The van der Waals surface area contributed by atoms with Crippen LogP contribution in [-0.4, -0.2) is 6.54 Å². The summed E-state index contributed by atoms with van der Waals surface area (Å²) < 4.78 is 1.34. The standard InChI is InChI=1S/C15H22IN/c1-4-10-17-15(11-12(3)5-2)13-8-6-7-9-14(13)16/h6-9,15,17H,3-5,10-11H2,1-2H3. The molecule has 1 atom stereocenters. The van der Waals surface area contributed by atoms with Gasteiger partial charge in [-0.2, -0.15) is 0 Å². The van der Waals surface area contributed by atoms with Crippen molar-refractivity contribution in [3.63, 3.8) is 0 Å². The minimum atomic E-state index is 0.412. The number of nitrogens with one attached hydrogen (secondary N) is 1. The lowest BCUT2D eigenvalue weighted by Gasteiger charge is -2.21. The maximum Gasteiger partial charge on any atom is 0.0368 e. The van der Waals surface area contributed by atoms with Crippen molar-refractivity contribution < 1.29 is 0 Å². The van der Waals surface area contributed by atoms with Gasteiger partial charge in [0.2, 0.25) is 0 Å². The van der Waals surface area contributed by atoms with Gasteiger partial charge in [0.05, 0.1) is 0 Å². The van der Waals surface area contributed by atoms with Crippen LogP contribution in [0.15, 0.2) is 36.4 Å². The first-order valence-corrected chi connectivity index (χ1v) is 7.41. The van der Waals surface area contributed by atoms with E-state index in [9.17, 15) is 0 Å². The van der Waals surface area contributed by atoms with Crippen LogP contribution in [0, 0.1) is 3.57 Å². The first-order valence-electron chi connectivity index (χ1n) is 6.33. The fraction of sp³-hybridized carbons (Fsp3) is 0.467. The third-order valence-electron chi connectivity index (χ3n) is 2.91. The van der Waals surface area contributed by atoms with Crippen molar-refractivity contribution in [1.82, 2.24) is 5.32 Å². The third kappa shape index (κ3) is 4.80. The Balaban J connectivity index is 2.81. The molecule has 1 nitrogen and oxygen atoms in total. The van der Waals surface area contributed by atoms with E-state index in [4.69, 9.17) is 0 Å². The molecule has 94 valence electrons. The Labute approximate surface area is 119 Å². The van der Waals surface area contributed by atoms with Crippen LogP contribution >= 0.6 is 22.6 Å². The van der Waals surface area contributed by atoms with Crippen molar-refractivity contribution in [3.05, 3.63) is 45.6 Å². The van der Waals surface area contributed by atoms with Gasteiger partial charge in [0.1, 0.15) is 0 Å². The first kappa shape index (κ1) is 14.7. The van der Waals surface area contributed by atoms with Crippen LogP contribution in [-0.2, 0) is 0 Å². The Kier molecular flexibility index (Phi) is 6.82. The summed E-state index contributed by atoms with van der Waals surface area (Å²) >= 11 is 2.42. The van der Waals surface area contributed by atoms with Gasteiger partial charge in [0.15, 0.2) is 0 Å². The van der Waals surface area contributed by atoms with E-state index in [1.54, 1.807) is 0 Å². The van der Waals surface area contributed by atoms with Gasteiger partial charge in [0.25, 0.3) is 0 Å². The van der Waals surface area contributed by atoms with E-state index in [2.05, 4.69) is 72.6 Å². The van der Waals surface area contributed by atoms with Gasteiger partial charge in [-0.25, -0.2) is 0 Å². The van der Waals surface area contributed by atoms with E-state index < -0.39 is 0 Å². The average Bonchev–Trinajstić information content (AvgIpc) is 2.35. The summed E-state index contributed by atoms with van der Waals surface area (Å²) in [5, 5.41) is 3.63. The van der Waals surface area contributed by atoms with Crippen LogP contribution < -0.4 is 5.32 Å². The van der Waals surface area contributed by atoms with Crippen LogP contribution in [0.4, 0.5) is 0 Å². The predicted molar refractivity (Wildman–Crippen MR) is 84.2 cm³/mol. The number of halogens is 1. The zero-order chi connectivity index (χ0) is 12.7. The molecule has 0 fully saturated rings. The summed E-state index contributed by atoms with van der Waals surface area (Å²) in [5.41, 5.74) is 2.72. The fourth-order valence-electron chi connectivity index (χ4n) is 1.80. The highest BCUT2D eigenvalue weighted by molar-refractivity contribution is 14.1. The Morgan fingerprint density at radius 2 is 2.06 bits per heavy atom. The highest BCUT2D eigenvalue weighted by Gasteiger charge is 2.13. The molecular formula is C15H22IN. The lowest BCUT2D eigenvalue weighted by molar-refractivity contribution is 0.522. The van der Waals surface area contributed by atoms with Crippen molar-refractivity contribution in [2.75, 3.05) is 6.54 Å². The van der Waals surface area contributed by atoms with Crippen molar-refractivity contribution in [2.45, 2.75) is 39.2 Å². The number of hydrogen-bond acceptors (Lipinski definition) is 1. The van der Waals surface area contributed by atoms with Gasteiger partial charge >= 0.3 is 0 Å². The molecule has 0 aliphatic rings. The molecule has 0 bridgehead atoms. The van der Waals surface area contributed by atoms with Gasteiger partial charge in [-0.3, -0.25) is 0 Å². The van der Waals surface area contributed by atoms with Crippen LogP contribution in [0.2, 0.25) is 0 Å². The minimum Gasteiger partial charge on any atom is -0.310 e. The number of benzene rings is 1. The molecule has 1 aromatic carbocycles. The summed E-state index contributed by atoms with van der Waals surface area (Å²) in [7, 11) is 0. The molecule has 0 saturated heterocycles. The number of hydrogen-bond donors (Lipinski definition) is 1. The molecule has 1 rings (SSSR count). The zero-order valence-corrected chi connectivity index (χ0v) is 13.0. The first-order chi connectivity index (χ1) is 8.19. The quantitative estimate of drug-likeness (QED) is 0.560. The largest absolute Gasteiger partial charge is 0.310 e. The summed E-state index contributed by atoms with van der Waals surface area (Å²) in [4.78, 5) is 0. The summed E-state index contributed by atoms with van der Waals surface area (Å²) in [6.07, 6.45) is 3.27. The molecule has 1 N–H and O–H groups in total. The van der Waals surface area contributed by atoms with Gasteiger partial charge in [0, 0.05) is 9.61 Å². The van der Waals surface area contributed by atoms with Crippen LogP contribution in [0.1, 0.15) is 44.7 Å². The van der Waals surface area contributed by atoms with Gasteiger partial charge in [-0.05, 0) is 60.0 Å². The average molecular weight is 343 g/mol. The predicted octanol–water partition coefficient (Wildman–Crippen LogP) is 4.69. The van der Waals surface area contributed by atoms with Crippen molar-refractivity contribution >= 4 is 22.6 Å². The van der Waals surface area contributed by atoms with E-state index in [1.807, 2.05) is 0 Å².